The third kappa shape index (κ3) is 2.38. The quantitative estimate of drug-likeness (QED) is 0.709. The SMILES string of the molecule is Cc1nn(C(C)C)c(C)c1C#CC(=O)O. The van der Waals surface area contributed by atoms with Gasteiger partial charge in [-0.3, -0.25) is 4.68 Å². The van der Waals surface area contributed by atoms with Crippen molar-refractivity contribution in [3.05, 3.63) is 17.0 Å². The fourth-order valence-corrected chi connectivity index (χ4v) is 1.46. The Hall–Kier alpha value is -1.76. The molecule has 0 saturated carbocycles. The Labute approximate surface area is 88.9 Å². The lowest BCUT2D eigenvalue weighted by atomic mass is 10.2. The number of hydrogen-bond donors (Lipinski definition) is 1. The molecule has 4 heteroatoms. The first kappa shape index (κ1) is 11.3. The lowest BCUT2D eigenvalue weighted by Crippen LogP contribution is -2.04. The van der Waals surface area contributed by atoms with Crippen LogP contribution in [0.15, 0.2) is 0 Å². The summed E-state index contributed by atoms with van der Waals surface area (Å²) in [7, 11) is 0. The van der Waals surface area contributed by atoms with Crippen molar-refractivity contribution in [3.63, 3.8) is 0 Å². The Balaban J connectivity index is 3.21. The predicted molar refractivity (Wildman–Crippen MR) is 56.6 cm³/mol. The van der Waals surface area contributed by atoms with E-state index in [1.807, 2.05) is 32.4 Å². The van der Waals surface area contributed by atoms with Crippen LogP contribution in [-0.2, 0) is 4.79 Å². The third-order valence-electron chi connectivity index (χ3n) is 2.11. The van der Waals surface area contributed by atoms with E-state index in [2.05, 4.69) is 16.9 Å². The summed E-state index contributed by atoms with van der Waals surface area (Å²) in [6.07, 6.45) is 0. The maximum atomic E-state index is 10.3. The van der Waals surface area contributed by atoms with E-state index in [-0.39, 0.29) is 6.04 Å². The summed E-state index contributed by atoms with van der Waals surface area (Å²) in [6, 6.07) is 0.254. The van der Waals surface area contributed by atoms with Gasteiger partial charge in [0.25, 0.3) is 0 Å². The van der Waals surface area contributed by atoms with Gasteiger partial charge in [0.05, 0.1) is 17.0 Å². The topological polar surface area (TPSA) is 55.1 Å². The molecule has 0 fully saturated rings. The van der Waals surface area contributed by atoms with Gasteiger partial charge in [-0.05, 0) is 27.7 Å². The number of nitrogens with zero attached hydrogens (tertiary/aromatic N) is 2. The predicted octanol–water partition coefficient (Wildman–Crippen LogP) is 1.52. The highest BCUT2D eigenvalue weighted by Crippen LogP contribution is 2.15. The molecule has 0 spiro atoms. The molecule has 0 aromatic carbocycles. The molecule has 1 aromatic heterocycles. The van der Waals surface area contributed by atoms with Gasteiger partial charge in [-0.25, -0.2) is 4.79 Å². The van der Waals surface area contributed by atoms with Crippen molar-refractivity contribution >= 4 is 5.97 Å². The number of carbonyl (C=O) groups is 1. The summed E-state index contributed by atoms with van der Waals surface area (Å²) in [5.41, 5.74) is 2.40. The van der Waals surface area contributed by atoms with Crippen LogP contribution in [0.4, 0.5) is 0 Å². The fourth-order valence-electron chi connectivity index (χ4n) is 1.46. The molecule has 1 heterocycles. The average molecular weight is 206 g/mol. The summed E-state index contributed by atoms with van der Waals surface area (Å²) < 4.78 is 1.85. The third-order valence-corrected chi connectivity index (χ3v) is 2.11. The molecule has 0 aliphatic heterocycles. The monoisotopic (exact) mass is 206 g/mol. The van der Waals surface area contributed by atoms with Crippen LogP contribution in [0.2, 0.25) is 0 Å². The van der Waals surface area contributed by atoms with Gasteiger partial charge in [0.2, 0.25) is 0 Å². The number of carboxylic acid groups (broad SMARTS) is 1. The second-order valence-electron chi connectivity index (χ2n) is 3.64. The standard InChI is InChI=1S/C11H14N2O2/c1-7(2)13-9(4)10(8(3)12-13)5-6-11(14)15/h7H,1-4H3,(H,14,15). The molecule has 0 aliphatic rings. The van der Waals surface area contributed by atoms with E-state index >= 15 is 0 Å². The normalized spacial score (nSPS) is 9.93. The van der Waals surface area contributed by atoms with Crippen LogP contribution in [0.3, 0.4) is 0 Å². The van der Waals surface area contributed by atoms with E-state index < -0.39 is 5.97 Å². The van der Waals surface area contributed by atoms with Crippen molar-refractivity contribution in [2.75, 3.05) is 0 Å². The highest BCUT2D eigenvalue weighted by Gasteiger charge is 2.11. The summed E-state index contributed by atoms with van der Waals surface area (Å²) in [4.78, 5) is 10.3. The van der Waals surface area contributed by atoms with Gasteiger partial charge < -0.3 is 5.11 Å². The molecule has 15 heavy (non-hydrogen) atoms. The van der Waals surface area contributed by atoms with Crippen molar-refractivity contribution in [1.82, 2.24) is 9.78 Å². The van der Waals surface area contributed by atoms with E-state index in [0.29, 0.717) is 5.56 Å². The molecule has 0 saturated heterocycles. The van der Waals surface area contributed by atoms with Gasteiger partial charge >= 0.3 is 5.97 Å². The zero-order valence-electron chi connectivity index (χ0n) is 9.33. The number of aliphatic carboxylic acids is 1. The summed E-state index contributed by atoms with van der Waals surface area (Å²) in [5, 5.41) is 12.8. The molecule has 4 nitrogen and oxygen atoms in total. The summed E-state index contributed by atoms with van der Waals surface area (Å²) >= 11 is 0. The minimum absolute atomic E-state index is 0.254. The maximum Gasteiger partial charge on any atom is 0.382 e. The molecule has 0 aliphatic carbocycles. The highest BCUT2D eigenvalue weighted by molar-refractivity contribution is 5.87. The van der Waals surface area contributed by atoms with Gasteiger partial charge in [0.1, 0.15) is 0 Å². The Morgan fingerprint density at radius 2 is 2.07 bits per heavy atom. The molecule has 0 unspecified atom stereocenters. The number of aryl methyl sites for hydroxylation is 1. The first-order valence-corrected chi connectivity index (χ1v) is 4.74. The fraction of sp³-hybridized carbons (Fsp3) is 0.455. The van der Waals surface area contributed by atoms with Crippen LogP contribution >= 0.6 is 0 Å². The van der Waals surface area contributed by atoms with Gasteiger partial charge in [-0.15, -0.1) is 0 Å². The lowest BCUT2D eigenvalue weighted by molar-refractivity contribution is -0.130. The number of aromatic nitrogens is 2. The zero-order valence-corrected chi connectivity index (χ0v) is 9.33. The van der Waals surface area contributed by atoms with Gasteiger partial charge in [0, 0.05) is 12.0 Å². The number of carboxylic acids is 1. The van der Waals surface area contributed by atoms with Crippen LogP contribution in [-0.4, -0.2) is 20.9 Å². The van der Waals surface area contributed by atoms with Crippen molar-refractivity contribution in [3.8, 4) is 11.8 Å². The van der Waals surface area contributed by atoms with Crippen LogP contribution in [0, 0.1) is 25.7 Å². The van der Waals surface area contributed by atoms with Crippen molar-refractivity contribution in [2.45, 2.75) is 33.7 Å². The van der Waals surface area contributed by atoms with Crippen molar-refractivity contribution < 1.29 is 9.90 Å². The molecule has 1 rings (SSSR count). The second-order valence-corrected chi connectivity index (χ2v) is 3.64. The maximum absolute atomic E-state index is 10.3. The first-order valence-electron chi connectivity index (χ1n) is 4.74. The Kier molecular flexibility index (Phi) is 3.15. The average Bonchev–Trinajstić information content (AvgIpc) is 2.39. The molecule has 0 bridgehead atoms. The van der Waals surface area contributed by atoms with Gasteiger partial charge in [0.15, 0.2) is 0 Å². The summed E-state index contributed by atoms with van der Waals surface area (Å²) in [6.45, 7) is 7.77. The van der Waals surface area contributed by atoms with Crippen LogP contribution in [0.5, 0.6) is 0 Å². The second kappa shape index (κ2) is 4.18. The minimum Gasteiger partial charge on any atom is -0.472 e. The van der Waals surface area contributed by atoms with Crippen molar-refractivity contribution in [2.24, 2.45) is 0 Å². The molecule has 1 N–H and O–H groups in total. The van der Waals surface area contributed by atoms with Crippen LogP contribution in [0.1, 0.15) is 36.8 Å². The molecule has 0 amide bonds. The zero-order chi connectivity index (χ0) is 11.6. The van der Waals surface area contributed by atoms with Crippen LogP contribution in [0.25, 0.3) is 0 Å². The smallest absolute Gasteiger partial charge is 0.382 e. The van der Waals surface area contributed by atoms with E-state index in [4.69, 9.17) is 5.11 Å². The molecule has 0 atom stereocenters. The largest absolute Gasteiger partial charge is 0.472 e. The van der Waals surface area contributed by atoms with Crippen LogP contribution < -0.4 is 0 Å². The first-order chi connectivity index (χ1) is 6.93. The Bertz CT molecular complexity index is 447. The lowest BCUT2D eigenvalue weighted by Gasteiger charge is -2.07. The number of rotatable bonds is 1. The van der Waals surface area contributed by atoms with E-state index in [0.717, 1.165) is 11.4 Å². The number of hydrogen-bond acceptors (Lipinski definition) is 2. The Morgan fingerprint density at radius 1 is 1.47 bits per heavy atom. The summed E-state index contributed by atoms with van der Waals surface area (Å²) in [5.74, 6) is 3.61. The highest BCUT2D eigenvalue weighted by atomic mass is 16.4. The van der Waals surface area contributed by atoms with Gasteiger partial charge in [-0.1, -0.05) is 5.92 Å². The molecule has 0 radical (unpaired) electrons. The minimum atomic E-state index is -1.12. The van der Waals surface area contributed by atoms with Crippen molar-refractivity contribution in [1.29, 1.82) is 0 Å². The van der Waals surface area contributed by atoms with Gasteiger partial charge in [-0.2, -0.15) is 5.10 Å². The molecular weight excluding hydrogens is 192 g/mol. The molecular formula is C11H14N2O2. The van der Waals surface area contributed by atoms with E-state index in [1.54, 1.807) is 0 Å². The molecule has 80 valence electrons. The molecule has 1 aromatic rings. The van der Waals surface area contributed by atoms with E-state index in [9.17, 15) is 4.79 Å². The Morgan fingerprint density at radius 3 is 2.47 bits per heavy atom. The van der Waals surface area contributed by atoms with E-state index in [1.165, 1.54) is 0 Å².